The van der Waals surface area contributed by atoms with Crippen LogP contribution in [0.1, 0.15) is 19.8 Å². The van der Waals surface area contributed by atoms with Gasteiger partial charge in [0.2, 0.25) is 11.7 Å². The number of anilines is 2. The van der Waals surface area contributed by atoms with E-state index in [0.29, 0.717) is 36.4 Å². The maximum atomic E-state index is 12.9. The molecule has 8 heteroatoms. The Morgan fingerprint density at radius 2 is 2.03 bits per heavy atom. The van der Waals surface area contributed by atoms with Gasteiger partial charge in [-0.1, -0.05) is 17.3 Å². The fourth-order valence-electron chi connectivity index (χ4n) is 3.65. The number of amides is 1. The predicted octanol–water partition coefficient (Wildman–Crippen LogP) is 4.00. The minimum atomic E-state index is -0.181. The number of nitrogens with zero attached hydrogens (tertiary/aromatic N) is 3. The summed E-state index contributed by atoms with van der Waals surface area (Å²) in [6, 6.07) is 15.4. The van der Waals surface area contributed by atoms with Gasteiger partial charge in [0.15, 0.2) is 0 Å². The van der Waals surface area contributed by atoms with Crippen molar-refractivity contribution in [1.29, 1.82) is 0 Å². The fourth-order valence-corrected chi connectivity index (χ4v) is 3.65. The van der Waals surface area contributed by atoms with Crippen LogP contribution in [0.2, 0.25) is 0 Å². The van der Waals surface area contributed by atoms with Gasteiger partial charge in [-0.15, -0.1) is 0 Å². The molecule has 162 valence electrons. The number of hydrogen-bond donors (Lipinski definition) is 1. The van der Waals surface area contributed by atoms with E-state index in [0.717, 1.165) is 30.7 Å². The van der Waals surface area contributed by atoms with E-state index in [1.54, 1.807) is 7.11 Å². The third-order valence-corrected chi connectivity index (χ3v) is 5.27. The highest BCUT2D eigenvalue weighted by atomic mass is 16.5. The highest BCUT2D eigenvalue weighted by molar-refractivity contribution is 5.94. The van der Waals surface area contributed by atoms with Gasteiger partial charge in [-0.3, -0.25) is 4.79 Å². The third-order valence-electron chi connectivity index (χ3n) is 5.27. The number of hydrogen-bond acceptors (Lipinski definition) is 7. The van der Waals surface area contributed by atoms with Gasteiger partial charge in [0.25, 0.3) is 0 Å². The Morgan fingerprint density at radius 1 is 1.23 bits per heavy atom. The number of carbonyl (C=O) groups excluding carboxylic acids is 1. The van der Waals surface area contributed by atoms with Crippen LogP contribution in [0.5, 0.6) is 11.5 Å². The molecule has 1 aliphatic heterocycles. The number of methoxy groups -OCH3 is 1. The molecule has 1 atom stereocenters. The van der Waals surface area contributed by atoms with Gasteiger partial charge in [0, 0.05) is 18.7 Å². The number of benzene rings is 2. The number of carbonyl (C=O) groups is 1. The molecule has 1 amide bonds. The number of piperidine rings is 1. The molecule has 0 aliphatic carbocycles. The molecule has 4 rings (SSSR count). The second-order valence-corrected chi connectivity index (χ2v) is 7.33. The van der Waals surface area contributed by atoms with Crippen molar-refractivity contribution >= 4 is 17.6 Å². The molecular weight excluding hydrogens is 396 g/mol. The van der Waals surface area contributed by atoms with Gasteiger partial charge in [-0.2, -0.15) is 4.98 Å². The molecule has 1 aromatic heterocycles. The van der Waals surface area contributed by atoms with E-state index in [9.17, 15) is 4.79 Å². The van der Waals surface area contributed by atoms with Crippen LogP contribution in [0.15, 0.2) is 53.1 Å². The Hall–Kier alpha value is -3.55. The molecule has 8 nitrogen and oxygen atoms in total. The summed E-state index contributed by atoms with van der Waals surface area (Å²) in [7, 11) is 1.62. The van der Waals surface area contributed by atoms with Crippen molar-refractivity contribution in [1.82, 2.24) is 10.1 Å². The Morgan fingerprint density at radius 3 is 2.81 bits per heavy atom. The van der Waals surface area contributed by atoms with Crippen LogP contribution in [-0.2, 0) is 4.79 Å². The zero-order valence-electron chi connectivity index (χ0n) is 17.7. The summed E-state index contributed by atoms with van der Waals surface area (Å²) < 4.78 is 16.3. The van der Waals surface area contributed by atoms with Gasteiger partial charge in [-0.25, -0.2) is 0 Å². The predicted molar refractivity (Wildman–Crippen MR) is 117 cm³/mol. The Labute approximate surface area is 181 Å². The molecule has 1 N–H and O–H groups in total. The van der Waals surface area contributed by atoms with Crippen molar-refractivity contribution < 1.29 is 18.8 Å². The van der Waals surface area contributed by atoms with E-state index in [1.165, 1.54) is 0 Å². The van der Waals surface area contributed by atoms with E-state index in [-0.39, 0.29) is 11.8 Å². The van der Waals surface area contributed by atoms with Crippen molar-refractivity contribution in [2.24, 2.45) is 5.92 Å². The van der Waals surface area contributed by atoms with Crippen molar-refractivity contribution in [3.63, 3.8) is 0 Å². The number of aromatic nitrogens is 2. The highest BCUT2D eigenvalue weighted by Crippen LogP contribution is 2.28. The van der Waals surface area contributed by atoms with Gasteiger partial charge in [0.1, 0.15) is 11.5 Å². The minimum absolute atomic E-state index is 0.0354. The van der Waals surface area contributed by atoms with Crippen LogP contribution >= 0.6 is 0 Å². The van der Waals surface area contributed by atoms with Crippen LogP contribution < -0.4 is 19.7 Å². The number of ether oxygens (including phenoxy) is 2. The summed E-state index contributed by atoms with van der Waals surface area (Å²) in [5, 5.41) is 7.11. The van der Waals surface area contributed by atoms with E-state index in [4.69, 9.17) is 14.0 Å². The van der Waals surface area contributed by atoms with Gasteiger partial charge < -0.3 is 24.2 Å². The lowest BCUT2D eigenvalue weighted by Crippen LogP contribution is -2.41. The number of rotatable bonds is 7. The first-order chi connectivity index (χ1) is 15.2. The lowest BCUT2D eigenvalue weighted by atomic mass is 9.97. The summed E-state index contributed by atoms with van der Waals surface area (Å²) in [6.07, 6.45) is 1.67. The largest absolute Gasteiger partial charge is 0.497 e. The maximum Gasteiger partial charge on any atom is 0.324 e. The van der Waals surface area contributed by atoms with E-state index >= 15 is 0 Å². The molecule has 1 unspecified atom stereocenters. The van der Waals surface area contributed by atoms with Gasteiger partial charge >= 0.3 is 6.01 Å². The number of para-hydroxylation sites is 2. The molecule has 0 spiro atoms. The van der Waals surface area contributed by atoms with Crippen LogP contribution in [0, 0.1) is 5.92 Å². The van der Waals surface area contributed by atoms with Crippen LogP contribution in [0.3, 0.4) is 0 Å². The van der Waals surface area contributed by atoms with Crippen molar-refractivity contribution in [2.45, 2.75) is 19.8 Å². The molecule has 0 radical (unpaired) electrons. The highest BCUT2D eigenvalue weighted by Gasteiger charge is 2.29. The molecule has 1 saturated heterocycles. The van der Waals surface area contributed by atoms with Crippen molar-refractivity contribution in [2.75, 3.05) is 37.0 Å². The average Bonchev–Trinajstić information content (AvgIpc) is 3.31. The summed E-state index contributed by atoms with van der Waals surface area (Å²) in [4.78, 5) is 19.4. The topological polar surface area (TPSA) is 89.7 Å². The van der Waals surface area contributed by atoms with E-state index in [1.807, 2.05) is 60.4 Å². The maximum absolute atomic E-state index is 12.9. The first-order valence-electron chi connectivity index (χ1n) is 10.4. The average molecular weight is 422 g/mol. The number of nitrogens with one attached hydrogen (secondary N) is 1. The van der Waals surface area contributed by atoms with Crippen molar-refractivity contribution in [3.8, 4) is 22.9 Å². The standard InChI is InChI=1S/C23H26N4O4/c1-3-30-20-9-5-4-8-19(20)24-22(28)17-7-6-14-27(15-17)23-25-21(26-31-23)16-10-12-18(29-2)13-11-16/h4-5,8-13,17H,3,6-7,14-15H2,1-2H3,(H,24,28). The quantitative estimate of drug-likeness (QED) is 0.615. The Bertz CT molecular complexity index is 1020. The molecule has 1 aliphatic rings. The minimum Gasteiger partial charge on any atom is -0.497 e. The monoisotopic (exact) mass is 422 g/mol. The molecule has 0 bridgehead atoms. The molecule has 2 heterocycles. The van der Waals surface area contributed by atoms with Crippen molar-refractivity contribution in [3.05, 3.63) is 48.5 Å². The molecular formula is C23H26N4O4. The molecule has 2 aromatic carbocycles. The first-order valence-corrected chi connectivity index (χ1v) is 10.4. The van der Waals surface area contributed by atoms with E-state index < -0.39 is 0 Å². The fraction of sp³-hybridized carbons (Fsp3) is 0.348. The molecule has 1 fully saturated rings. The third kappa shape index (κ3) is 4.79. The smallest absolute Gasteiger partial charge is 0.324 e. The SMILES string of the molecule is CCOc1ccccc1NC(=O)C1CCCN(c2nc(-c3ccc(OC)cc3)no2)C1. The van der Waals surface area contributed by atoms with Crippen LogP contribution in [0.25, 0.3) is 11.4 Å². The van der Waals surface area contributed by atoms with Crippen LogP contribution in [0.4, 0.5) is 11.7 Å². The first kappa shape index (κ1) is 20.7. The summed E-state index contributed by atoms with van der Waals surface area (Å²) >= 11 is 0. The Balaban J connectivity index is 1.43. The lowest BCUT2D eigenvalue weighted by Gasteiger charge is -2.30. The summed E-state index contributed by atoms with van der Waals surface area (Å²) in [5.74, 6) is 1.73. The zero-order valence-corrected chi connectivity index (χ0v) is 17.7. The summed E-state index contributed by atoms with van der Waals surface area (Å²) in [6.45, 7) is 3.75. The summed E-state index contributed by atoms with van der Waals surface area (Å²) in [5.41, 5.74) is 1.53. The Kier molecular flexibility index (Phi) is 6.35. The second kappa shape index (κ2) is 9.51. The zero-order chi connectivity index (χ0) is 21.6. The molecule has 31 heavy (non-hydrogen) atoms. The van der Waals surface area contributed by atoms with Gasteiger partial charge in [-0.05, 0) is 56.2 Å². The second-order valence-electron chi connectivity index (χ2n) is 7.33. The van der Waals surface area contributed by atoms with Crippen LogP contribution in [-0.4, -0.2) is 42.9 Å². The normalized spacial score (nSPS) is 16.1. The molecule has 3 aromatic rings. The molecule has 0 saturated carbocycles. The van der Waals surface area contributed by atoms with Gasteiger partial charge in [0.05, 0.1) is 25.3 Å². The van der Waals surface area contributed by atoms with E-state index in [2.05, 4.69) is 15.5 Å². The lowest BCUT2D eigenvalue weighted by molar-refractivity contribution is -0.120.